The van der Waals surface area contributed by atoms with Gasteiger partial charge in [-0.3, -0.25) is 9.59 Å². The lowest BCUT2D eigenvalue weighted by Gasteiger charge is -2.22. The summed E-state index contributed by atoms with van der Waals surface area (Å²) in [7, 11) is -0.378. The fraction of sp³-hybridized carbons (Fsp3) is 0.167. The molecule has 0 heterocycles. The Balaban J connectivity index is 2.40. The zero-order valence-corrected chi connectivity index (χ0v) is 21.6. The molecule has 0 saturated carbocycles. The number of hydrogen-bond donors (Lipinski definition) is 0. The van der Waals surface area contributed by atoms with E-state index < -0.39 is 18.2 Å². The molecule has 0 aliphatic carbocycles. The van der Waals surface area contributed by atoms with Crippen LogP contribution in [0.4, 0.5) is 0 Å². The lowest BCUT2D eigenvalue weighted by atomic mass is 10.1. The summed E-state index contributed by atoms with van der Waals surface area (Å²) in [4.78, 5) is 28.0. The first-order valence-electron chi connectivity index (χ1n) is 9.71. The number of aryl methyl sites for hydroxylation is 1. The maximum absolute atomic E-state index is 14.6. The van der Waals surface area contributed by atoms with Crippen LogP contribution >= 0.6 is 34.7 Å². The van der Waals surface area contributed by atoms with Crippen LogP contribution in [0.2, 0.25) is 5.02 Å². The van der Waals surface area contributed by atoms with Crippen LogP contribution < -0.4 is 19.5 Å². The van der Waals surface area contributed by atoms with Gasteiger partial charge in [-0.05, 0) is 34.5 Å². The highest BCUT2D eigenvalue weighted by molar-refractivity contribution is 9.10. The Morgan fingerprint density at radius 3 is 2.00 bits per heavy atom. The Morgan fingerprint density at radius 1 is 0.848 bits per heavy atom. The standard InChI is InChI=1S/C24H21BrClO6P/c1-14-9-8-12-17(26)19(14)23(27)33(29,15-10-6-5-7-11-15)24(28)20-21(31-3)16(25)13-18(30-2)22(20)32-4/h5-13H,1-4H3. The Kier molecular flexibility index (Phi) is 7.68. The molecule has 3 aromatic carbocycles. The Hall–Kier alpha value is -2.60. The molecule has 6 nitrogen and oxygen atoms in total. The molecule has 172 valence electrons. The molecule has 1 unspecified atom stereocenters. The van der Waals surface area contributed by atoms with E-state index in [1.54, 1.807) is 43.3 Å². The van der Waals surface area contributed by atoms with Gasteiger partial charge in [0.05, 0.1) is 30.8 Å². The van der Waals surface area contributed by atoms with E-state index in [4.69, 9.17) is 25.8 Å². The number of methoxy groups -OCH3 is 3. The monoisotopic (exact) mass is 550 g/mol. The van der Waals surface area contributed by atoms with Crippen LogP contribution in [0.5, 0.6) is 17.2 Å². The van der Waals surface area contributed by atoms with E-state index in [1.165, 1.54) is 39.5 Å². The second-order valence-electron chi connectivity index (χ2n) is 6.99. The minimum atomic E-state index is -4.48. The van der Waals surface area contributed by atoms with Crippen LogP contribution in [-0.2, 0) is 4.57 Å². The minimum absolute atomic E-state index is 0.00221. The summed E-state index contributed by atoms with van der Waals surface area (Å²) in [5, 5.41) is 0.178. The molecule has 1 atom stereocenters. The fourth-order valence-corrected chi connectivity index (χ4v) is 6.84. The third-order valence-electron chi connectivity index (χ3n) is 5.12. The molecule has 0 spiro atoms. The van der Waals surface area contributed by atoms with Gasteiger partial charge in [0.15, 0.2) is 11.5 Å². The molecule has 0 aliphatic heterocycles. The zero-order valence-electron chi connectivity index (χ0n) is 18.3. The highest BCUT2D eigenvalue weighted by atomic mass is 79.9. The molecular formula is C24H21BrClO6P. The first-order chi connectivity index (χ1) is 15.7. The van der Waals surface area contributed by atoms with Gasteiger partial charge < -0.3 is 18.8 Å². The van der Waals surface area contributed by atoms with Gasteiger partial charge in [-0.25, -0.2) is 0 Å². The van der Waals surface area contributed by atoms with Crippen LogP contribution in [0.3, 0.4) is 0 Å². The van der Waals surface area contributed by atoms with E-state index in [2.05, 4.69) is 15.9 Å². The summed E-state index contributed by atoms with van der Waals surface area (Å²) in [6, 6.07) is 14.3. The van der Waals surface area contributed by atoms with Crippen LogP contribution in [0.15, 0.2) is 59.1 Å². The van der Waals surface area contributed by atoms with Crippen molar-refractivity contribution >= 4 is 51.0 Å². The smallest absolute Gasteiger partial charge is 0.249 e. The summed E-state index contributed by atoms with van der Waals surface area (Å²) >= 11 is 9.68. The van der Waals surface area contributed by atoms with Crippen molar-refractivity contribution in [3.05, 3.63) is 80.8 Å². The first kappa shape index (κ1) is 25.0. The molecule has 3 rings (SSSR count). The Labute approximate surface area is 205 Å². The predicted octanol–water partition coefficient (Wildman–Crippen LogP) is 6.11. The third-order valence-corrected chi connectivity index (χ3v) is 8.64. The largest absolute Gasteiger partial charge is 0.495 e. The second-order valence-corrected chi connectivity index (χ2v) is 10.8. The van der Waals surface area contributed by atoms with Crippen molar-refractivity contribution in [3.63, 3.8) is 0 Å². The van der Waals surface area contributed by atoms with Gasteiger partial charge in [0.1, 0.15) is 11.3 Å². The number of hydrogen-bond acceptors (Lipinski definition) is 6. The van der Waals surface area contributed by atoms with Gasteiger partial charge >= 0.3 is 0 Å². The van der Waals surface area contributed by atoms with Gasteiger partial charge in [0, 0.05) is 16.9 Å². The minimum Gasteiger partial charge on any atom is -0.495 e. The van der Waals surface area contributed by atoms with E-state index in [-0.39, 0.29) is 38.7 Å². The molecule has 0 fully saturated rings. The number of carbonyl (C=O) groups excluding carboxylic acids is 2. The summed E-state index contributed by atoms with van der Waals surface area (Å²) in [5.41, 5.74) is -1.46. The van der Waals surface area contributed by atoms with Crippen LogP contribution in [0.25, 0.3) is 0 Å². The lowest BCUT2D eigenvalue weighted by Crippen LogP contribution is -2.22. The molecule has 33 heavy (non-hydrogen) atoms. The number of ether oxygens (including phenoxy) is 3. The van der Waals surface area contributed by atoms with Gasteiger partial charge in [-0.2, -0.15) is 0 Å². The Morgan fingerprint density at radius 2 is 1.45 bits per heavy atom. The van der Waals surface area contributed by atoms with Crippen molar-refractivity contribution in [2.24, 2.45) is 0 Å². The van der Waals surface area contributed by atoms with Gasteiger partial charge in [-0.15, -0.1) is 0 Å². The van der Waals surface area contributed by atoms with Gasteiger partial charge in [0.2, 0.25) is 18.2 Å². The number of rotatable bonds is 8. The highest BCUT2D eigenvalue weighted by Crippen LogP contribution is 2.56. The van der Waals surface area contributed by atoms with E-state index in [0.29, 0.717) is 10.0 Å². The van der Waals surface area contributed by atoms with Crippen LogP contribution in [0.1, 0.15) is 26.3 Å². The van der Waals surface area contributed by atoms with Crippen molar-refractivity contribution in [2.45, 2.75) is 6.92 Å². The lowest BCUT2D eigenvalue weighted by molar-refractivity contribution is 0.103. The molecule has 0 radical (unpaired) electrons. The first-order valence-corrected chi connectivity index (χ1v) is 12.6. The molecular weight excluding hydrogens is 531 g/mol. The highest BCUT2D eigenvalue weighted by Gasteiger charge is 2.46. The summed E-state index contributed by atoms with van der Waals surface area (Å²) in [5.74, 6) is 0.273. The van der Waals surface area contributed by atoms with E-state index >= 15 is 0 Å². The van der Waals surface area contributed by atoms with Crippen LogP contribution in [-0.4, -0.2) is 32.4 Å². The average Bonchev–Trinajstić information content (AvgIpc) is 2.82. The van der Waals surface area contributed by atoms with Crippen molar-refractivity contribution in [2.75, 3.05) is 21.3 Å². The molecule has 0 aromatic heterocycles. The van der Waals surface area contributed by atoms with E-state index in [0.717, 1.165) is 0 Å². The van der Waals surface area contributed by atoms with Crippen molar-refractivity contribution in [1.29, 1.82) is 0 Å². The maximum atomic E-state index is 14.6. The van der Waals surface area contributed by atoms with Crippen LogP contribution in [0, 0.1) is 6.92 Å². The molecule has 0 N–H and O–H groups in total. The van der Waals surface area contributed by atoms with Gasteiger partial charge in [0.25, 0.3) is 0 Å². The van der Waals surface area contributed by atoms with Crippen molar-refractivity contribution in [3.8, 4) is 17.2 Å². The zero-order chi connectivity index (χ0) is 24.3. The molecule has 3 aromatic rings. The summed E-state index contributed by atoms with van der Waals surface area (Å²) in [6.07, 6.45) is 0. The molecule has 0 amide bonds. The van der Waals surface area contributed by atoms with Crippen molar-refractivity contribution < 1.29 is 28.4 Å². The van der Waals surface area contributed by atoms with E-state index in [9.17, 15) is 14.2 Å². The SMILES string of the molecule is COc1cc(Br)c(OC)c(C(=O)P(=O)(C(=O)c2c(C)cccc2Cl)c2ccccc2)c1OC. The number of halogens is 2. The normalized spacial score (nSPS) is 12.5. The Bertz CT molecular complexity index is 1260. The summed E-state index contributed by atoms with van der Waals surface area (Å²) in [6.45, 7) is 1.67. The second kappa shape index (κ2) is 10.1. The summed E-state index contributed by atoms with van der Waals surface area (Å²) < 4.78 is 31.2. The van der Waals surface area contributed by atoms with E-state index in [1.807, 2.05) is 0 Å². The number of benzene rings is 3. The quantitative estimate of drug-likeness (QED) is 0.315. The van der Waals surface area contributed by atoms with Crippen molar-refractivity contribution in [1.82, 2.24) is 0 Å². The fourth-order valence-electron chi connectivity index (χ4n) is 3.52. The third kappa shape index (κ3) is 4.33. The molecule has 9 heteroatoms. The topological polar surface area (TPSA) is 78.9 Å². The van der Waals surface area contributed by atoms with Gasteiger partial charge in [-0.1, -0.05) is 54.1 Å². The predicted molar refractivity (Wildman–Crippen MR) is 132 cm³/mol. The molecule has 0 bridgehead atoms. The molecule has 0 saturated heterocycles. The average molecular weight is 552 g/mol. The number of carbonyl (C=O) groups is 2. The molecule has 0 aliphatic rings. The maximum Gasteiger partial charge on any atom is 0.249 e.